The molecule has 0 saturated carbocycles. The number of hydrogen-bond donors (Lipinski definition) is 1. The normalized spacial score (nSPS) is 11.3. The topological polar surface area (TPSA) is 80.6 Å². The third-order valence-corrected chi connectivity index (χ3v) is 5.09. The molecule has 0 aliphatic rings. The summed E-state index contributed by atoms with van der Waals surface area (Å²) in [6.07, 6.45) is 1.89. The average Bonchev–Trinajstić information content (AvgIpc) is 3.08. The highest BCUT2D eigenvalue weighted by molar-refractivity contribution is 8.01. The van der Waals surface area contributed by atoms with Crippen LogP contribution in [-0.4, -0.2) is 36.6 Å². The van der Waals surface area contributed by atoms with Crippen molar-refractivity contribution < 1.29 is 9.59 Å². The van der Waals surface area contributed by atoms with Crippen LogP contribution in [0.2, 0.25) is 0 Å². The molecule has 0 unspecified atom stereocenters. The Hall–Kier alpha value is -2.41. The van der Waals surface area contributed by atoms with Crippen molar-refractivity contribution in [1.29, 1.82) is 0 Å². The minimum atomic E-state index is -0.742. The van der Waals surface area contributed by atoms with Crippen LogP contribution < -0.4 is 0 Å². The van der Waals surface area contributed by atoms with E-state index in [0.29, 0.717) is 11.0 Å². The first kappa shape index (κ1) is 15.5. The molecule has 0 aliphatic carbocycles. The van der Waals surface area contributed by atoms with Crippen LogP contribution in [0.4, 0.5) is 0 Å². The Morgan fingerprint density at radius 3 is 2.57 bits per heavy atom. The van der Waals surface area contributed by atoms with Gasteiger partial charge in [0.1, 0.15) is 5.25 Å². The molecule has 0 bridgehead atoms. The van der Waals surface area contributed by atoms with Crippen LogP contribution in [0.1, 0.15) is 13.8 Å². The number of H-pyrrole nitrogens is 1. The molecule has 0 saturated heterocycles. The monoisotopic (exact) mass is 328 g/mol. The maximum absolute atomic E-state index is 11.6. The van der Waals surface area contributed by atoms with E-state index in [9.17, 15) is 9.59 Å². The van der Waals surface area contributed by atoms with Crippen LogP contribution >= 0.6 is 11.8 Å². The van der Waals surface area contributed by atoms with Gasteiger partial charge in [-0.15, -0.1) is 10.2 Å². The van der Waals surface area contributed by atoms with E-state index < -0.39 is 5.25 Å². The summed E-state index contributed by atoms with van der Waals surface area (Å²) in [6.45, 7) is 2.83. The van der Waals surface area contributed by atoms with Gasteiger partial charge in [0, 0.05) is 29.7 Å². The summed E-state index contributed by atoms with van der Waals surface area (Å²) in [7, 11) is 1.83. The molecule has 7 heteroatoms. The molecule has 6 nitrogen and oxygen atoms in total. The highest BCUT2D eigenvalue weighted by Crippen LogP contribution is 2.30. The molecule has 2 heterocycles. The lowest BCUT2D eigenvalue weighted by atomic mass is 10.1. The van der Waals surface area contributed by atoms with Crippen molar-refractivity contribution in [2.45, 2.75) is 24.3 Å². The number of benzene rings is 1. The number of aromatic nitrogens is 4. The number of ketones is 2. The lowest BCUT2D eigenvalue weighted by molar-refractivity contribution is -0.123. The number of thioether (sulfide) groups is 1. The Bertz CT molecular complexity index is 883. The van der Waals surface area contributed by atoms with Gasteiger partial charge in [-0.05, 0) is 19.9 Å². The first-order valence-corrected chi connectivity index (χ1v) is 8.00. The van der Waals surface area contributed by atoms with Gasteiger partial charge in [-0.2, -0.15) is 0 Å². The van der Waals surface area contributed by atoms with Crippen molar-refractivity contribution in [2.24, 2.45) is 7.05 Å². The molecule has 0 atom stereocenters. The maximum atomic E-state index is 11.6. The predicted molar refractivity (Wildman–Crippen MR) is 89.3 cm³/mol. The molecule has 0 amide bonds. The second-order valence-electron chi connectivity index (χ2n) is 5.33. The second-order valence-corrected chi connectivity index (χ2v) is 6.40. The molecule has 0 aliphatic heterocycles. The molecule has 1 aromatic carbocycles. The van der Waals surface area contributed by atoms with Crippen molar-refractivity contribution in [3.05, 3.63) is 30.5 Å². The van der Waals surface area contributed by atoms with Gasteiger partial charge in [-0.1, -0.05) is 30.0 Å². The molecule has 118 valence electrons. The van der Waals surface area contributed by atoms with Gasteiger partial charge in [0.05, 0.1) is 0 Å². The molecule has 23 heavy (non-hydrogen) atoms. The van der Waals surface area contributed by atoms with Crippen LogP contribution in [0.15, 0.2) is 35.6 Å². The van der Waals surface area contributed by atoms with Gasteiger partial charge in [0.15, 0.2) is 22.5 Å². The van der Waals surface area contributed by atoms with Gasteiger partial charge < -0.3 is 9.55 Å². The number of carbonyl (C=O) groups excluding carboxylic acids is 2. The Labute approximate surface area is 137 Å². The zero-order valence-electron chi connectivity index (χ0n) is 13.0. The van der Waals surface area contributed by atoms with Crippen molar-refractivity contribution in [2.75, 3.05) is 0 Å². The fraction of sp³-hybridized carbons (Fsp3) is 0.250. The summed E-state index contributed by atoms with van der Waals surface area (Å²) in [5.41, 5.74) is 1.95. The fourth-order valence-corrected chi connectivity index (χ4v) is 3.34. The van der Waals surface area contributed by atoms with Crippen LogP contribution in [-0.2, 0) is 16.6 Å². The summed E-state index contributed by atoms with van der Waals surface area (Å²) in [4.78, 5) is 26.4. The number of hydrogen-bond acceptors (Lipinski definition) is 5. The Morgan fingerprint density at radius 1 is 1.17 bits per heavy atom. The van der Waals surface area contributed by atoms with E-state index in [4.69, 9.17) is 0 Å². The predicted octanol–water partition coefficient (Wildman–Crippen LogP) is 2.60. The van der Waals surface area contributed by atoms with Crippen molar-refractivity contribution in [3.8, 4) is 11.4 Å². The van der Waals surface area contributed by atoms with E-state index in [2.05, 4.69) is 15.2 Å². The number of carbonyl (C=O) groups is 2. The first-order chi connectivity index (χ1) is 11.0. The summed E-state index contributed by atoms with van der Waals surface area (Å²) < 4.78 is 1.80. The van der Waals surface area contributed by atoms with Gasteiger partial charge in [-0.3, -0.25) is 9.59 Å². The average molecular weight is 328 g/mol. The highest BCUT2D eigenvalue weighted by Gasteiger charge is 2.24. The van der Waals surface area contributed by atoms with E-state index in [1.807, 2.05) is 37.5 Å². The Kier molecular flexibility index (Phi) is 4.04. The number of aromatic amines is 1. The molecular formula is C16H16N4O2S. The van der Waals surface area contributed by atoms with Crippen LogP contribution in [0.25, 0.3) is 22.3 Å². The summed E-state index contributed by atoms with van der Waals surface area (Å²) in [5.74, 6) is 0.328. The van der Waals surface area contributed by atoms with Gasteiger partial charge >= 0.3 is 0 Å². The second kappa shape index (κ2) is 6.00. The molecule has 0 radical (unpaired) electrons. The number of nitrogens with zero attached hydrogens (tertiary/aromatic N) is 3. The van der Waals surface area contributed by atoms with E-state index in [1.54, 1.807) is 4.57 Å². The van der Waals surface area contributed by atoms with E-state index in [-0.39, 0.29) is 11.6 Å². The summed E-state index contributed by atoms with van der Waals surface area (Å²) in [6, 6.07) is 7.93. The van der Waals surface area contributed by atoms with Gasteiger partial charge in [-0.25, -0.2) is 0 Å². The van der Waals surface area contributed by atoms with Gasteiger partial charge in [0.25, 0.3) is 0 Å². The molecule has 1 N–H and O–H groups in total. The Balaban J connectivity index is 1.99. The van der Waals surface area contributed by atoms with Crippen molar-refractivity contribution >= 4 is 34.2 Å². The van der Waals surface area contributed by atoms with E-state index in [0.717, 1.165) is 28.2 Å². The van der Waals surface area contributed by atoms with Crippen LogP contribution in [0, 0.1) is 0 Å². The molecule has 3 aromatic rings. The lowest BCUT2D eigenvalue weighted by Crippen LogP contribution is -2.22. The smallest absolute Gasteiger partial charge is 0.192 e. The van der Waals surface area contributed by atoms with E-state index in [1.165, 1.54) is 13.8 Å². The van der Waals surface area contributed by atoms with Crippen molar-refractivity contribution in [3.63, 3.8) is 0 Å². The van der Waals surface area contributed by atoms with Crippen molar-refractivity contribution in [1.82, 2.24) is 19.7 Å². The molecule has 3 rings (SSSR count). The third kappa shape index (κ3) is 2.79. The standard InChI is InChI=1S/C16H16N4O2S/c1-9(21)14(10(2)22)23-16-19-18-15(20(16)3)12-8-17-13-7-5-4-6-11(12)13/h4-8,14,17H,1-3H3. The van der Waals surface area contributed by atoms with Crippen LogP contribution in [0.5, 0.6) is 0 Å². The highest BCUT2D eigenvalue weighted by atomic mass is 32.2. The SMILES string of the molecule is CC(=O)C(Sc1nnc(-c2c[nH]c3ccccc23)n1C)C(C)=O. The minimum Gasteiger partial charge on any atom is -0.360 e. The molecule has 2 aromatic heterocycles. The van der Waals surface area contributed by atoms with E-state index >= 15 is 0 Å². The number of rotatable bonds is 5. The third-order valence-electron chi connectivity index (χ3n) is 3.63. The minimum absolute atomic E-state index is 0.181. The number of para-hydroxylation sites is 1. The largest absolute Gasteiger partial charge is 0.360 e. The molecule has 0 fully saturated rings. The summed E-state index contributed by atoms with van der Waals surface area (Å²) >= 11 is 1.14. The number of Topliss-reactive ketones (excluding diaryl/α,β-unsaturated/α-hetero) is 2. The molecular weight excluding hydrogens is 312 g/mol. The van der Waals surface area contributed by atoms with Crippen LogP contribution in [0.3, 0.4) is 0 Å². The summed E-state index contributed by atoms with van der Waals surface area (Å²) in [5, 5.41) is 9.22. The zero-order chi connectivity index (χ0) is 16.6. The maximum Gasteiger partial charge on any atom is 0.192 e. The first-order valence-electron chi connectivity index (χ1n) is 7.12. The quantitative estimate of drug-likeness (QED) is 0.575. The zero-order valence-corrected chi connectivity index (χ0v) is 13.8. The number of fused-ring (bicyclic) bond motifs is 1. The lowest BCUT2D eigenvalue weighted by Gasteiger charge is -2.09. The molecule has 0 spiro atoms. The fourth-order valence-electron chi connectivity index (χ4n) is 2.47. The Morgan fingerprint density at radius 2 is 1.87 bits per heavy atom. The number of nitrogens with one attached hydrogen (secondary N) is 1. The van der Waals surface area contributed by atoms with Gasteiger partial charge in [0.2, 0.25) is 0 Å².